The highest BCUT2D eigenvalue weighted by atomic mass is 35.5. The maximum atomic E-state index is 13.8. The highest BCUT2D eigenvalue weighted by molar-refractivity contribution is 7.18. The van der Waals surface area contributed by atoms with Crippen molar-refractivity contribution in [2.75, 3.05) is 0 Å². The summed E-state index contributed by atoms with van der Waals surface area (Å²) in [5.41, 5.74) is 0.883. The summed E-state index contributed by atoms with van der Waals surface area (Å²) in [5.74, 6) is -4.94. The van der Waals surface area contributed by atoms with Crippen molar-refractivity contribution in [1.82, 2.24) is 9.97 Å². The first-order valence-electron chi connectivity index (χ1n) is 7.50. The minimum absolute atomic E-state index is 0. The molecule has 0 amide bonds. The molecule has 138 valence electrons. The molecule has 1 N–H and O–H groups in total. The van der Waals surface area contributed by atoms with Crippen LogP contribution in [0.3, 0.4) is 0 Å². The van der Waals surface area contributed by atoms with Crippen LogP contribution in [0.15, 0.2) is 24.5 Å². The van der Waals surface area contributed by atoms with Gasteiger partial charge in [0, 0.05) is 24.9 Å². The van der Waals surface area contributed by atoms with Crippen LogP contribution in [0.1, 0.15) is 35.4 Å². The molecule has 3 aromatic rings. The number of carboxylic acid groups (broad SMARTS) is 1. The Balaban J connectivity index is 0.00000243. The number of fused-ring (bicyclic) bond motifs is 1. The number of nitrogens with zero attached hydrogens (tertiary/aromatic N) is 2. The van der Waals surface area contributed by atoms with E-state index >= 15 is 0 Å². The smallest absolute Gasteiger partial charge is 0.311 e. The molecule has 0 fully saturated rings. The van der Waals surface area contributed by atoms with Gasteiger partial charge in [0.1, 0.15) is 11.3 Å². The van der Waals surface area contributed by atoms with Gasteiger partial charge in [0.25, 0.3) is 0 Å². The average Bonchev–Trinajstić information content (AvgIpc) is 2.98. The Labute approximate surface area is 157 Å². The Kier molecular flexibility index (Phi) is 6.20. The number of hydrogen-bond donors (Lipinski definition) is 1. The predicted molar refractivity (Wildman–Crippen MR) is 94.5 cm³/mol. The van der Waals surface area contributed by atoms with E-state index < -0.39 is 29.3 Å². The zero-order valence-corrected chi connectivity index (χ0v) is 15.1. The fourth-order valence-electron chi connectivity index (χ4n) is 2.63. The number of carboxylic acids is 1. The van der Waals surface area contributed by atoms with Crippen molar-refractivity contribution >= 4 is 39.9 Å². The molecule has 0 spiro atoms. The van der Waals surface area contributed by atoms with Crippen LogP contribution in [-0.4, -0.2) is 21.0 Å². The third-order valence-corrected chi connectivity index (χ3v) is 4.90. The molecule has 0 bridgehead atoms. The Hall–Kier alpha value is -2.19. The molecule has 0 aliphatic heterocycles. The van der Waals surface area contributed by atoms with Gasteiger partial charge in [-0.05, 0) is 17.5 Å². The lowest BCUT2D eigenvalue weighted by atomic mass is 9.97. The summed E-state index contributed by atoms with van der Waals surface area (Å²) in [7, 11) is 0. The molecular formula is C17H14ClF3N2O2S. The zero-order chi connectivity index (χ0) is 18.1. The quantitative estimate of drug-likeness (QED) is 0.628. The lowest BCUT2D eigenvalue weighted by Gasteiger charge is -2.10. The van der Waals surface area contributed by atoms with Gasteiger partial charge < -0.3 is 5.11 Å². The standard InChI is InChI=1S/C17H13F3N2O2S.ClH/c1-2-10(17(23)24)9-3-8(6-21-7-9)4-13-22-15-14(20)11(18)5-12(19)16(15)25-13;/h3,5-7,10H,2,4H2,1H3,(H,23,24);1H. The lowest BCUT2D eigenvalue weighted by molar-refractivity contribution is -0.138. The van der Waals surface area contributed by atoms with Crippen molar-refractivity contribution in [3.63, 3.8) is 0 Å². The molecule has 0 aliphatic rings. The van der Waals surface area contributed by atoms with E-state index in [1.807, 2.05) is 0 Å². The fourth-order valence-corrected chi connectivity index (χ4v) is 3.63. The van der Waals surface area contributed by atoms with Crippen molar-refractivity contribution in [1.29, 1.82) is 0 Å². The third kappa shape index (κ3) is 3.81. The monoisotopic (exact) mass is 402 g/mol. The maximum absolute atomic E-state index is 13.8. The number of carbonyl (C=O) groups is 1. The van der Waals surface area contributed by atoms with Crippen molar-refractivity contribution in [3.05, 3.63) is 58.1 Å². The van der Waals surface area contributed by atoms with Crippen molar-refractivity contribution in [2.24, 2.45) is 0 Å². The first kappa shape index (κ1) is 20.1. The van der Waals surface area contributed by atoms with Gasteiger partial charge in [-0.2, -0.15) is 0 Å². The Morgan fingerprint density at radius 3 is 2.62 bits per heavy atom. The number of thiazole rings is 1. The average molecular weight is 403 g/mol. The zero-order valence-electron chi connectivity index (χ0n) is 13.5. The lowest BCUT2D eigenvalue weighted by Crippen LogP contribution is -2.11. The number of aliphatic carboxylic acids is 1. The molecule has 0 saturated heterocycles. The van der Waals surface area contributed by atoms with Gasteiger partial charge in [-0.1, -0.05) is 13.0 Å². The minimum atomic E-state index is -1.28. The van der Waals surface area contributed by atoms with Crippen LogP contribution in [0.25, 0.3) is 10.2 Å². The molecule has 1 unspecified atom stereocenters. The van der Waals surface area contributed by atoms with E-state index in [1.165, 1.54) is 12.4 Å². The summed E-state index contributed by atoms with van der Waals surface area (Å²) in [4.78, 5) is 19.3. The predicted octanol–water partition coefficient (Wildman–Crippen LogP) is 4.70. The molecule has 0 saturated carbocycles. The molecule has 0 radical (unpaired) electrons. The van der Waals surface area contributed by atoms with Gasteiger partial charge in [-0.25, -0.2) is 18.2 Å². The third-order valence-electron chi connectivity index (χ3n) is 3.84. The molecule has 26 heavy (non-hydrogen) atoms. The Morgan fingerprint density at radius 1 is 1.23 bits per heavy atom. The number of aromatic nitrogens is 2. The van der Waals surface area contributed by atoms with Gasteiger partial charge in [0.2, 0.25) is 0 Å². The van der Waals surface area contributed by atoms with Crippen LogP contribution < -0.4 is 0 Å². The maximum Gasteiger partial charge on any atom is 0.311 e. The van der Waals surface area contributed by atoms with Gasteiger partial charge in [0.05, 0.1) is 15.6 Å². The molecule has 0 aliphatic carbocycles. The van der Waals surface area contributed by atoms with Gasteiger partial charge in [0.15, 0.2) is 11.6 Å². The van der Waals surface area contributed by atoms with E-state index in [9.17, 15) is 23.1 Å². The van der Waals surface area contributed by atoms with E-state index in [4.69, 9.17) is 0 Å². The van der Waals surface area contributed by atoms with Crippen LogP contribution >= 0.6 is 23.7 Å². The number of hydrogen-bond acceptors (Lipinski definition) is 4. The number of pyridine rings is 1. The highest BCUT2D eigenvalue weighted by Gasteiger charge is 2.20. The van der Waals surface area contributed by atoms with Gasteiger partial charge >= 0.3 is 5.97 Å². The van der Waals surface area contributed by atoms with Crippen LogP contribution in [0, 0.1) is 17.5 Å². The van der Waals surface area contributed by atoms with Crippen LogP contribution in [0.2, 0.25) is 0 Å². The van der Waals surface area contributed by atoms with Gasteiger partial charge in [-0.3, -0.25) is 9.78 Å². The summed E-state index contributed by atoms with van der Waals surface area (Å²) in [6.45, 7) is 1.76. The molecular weight excluding hydrogens is 389 g/mol. The van der Waals surface area contributed by atoms with E-state index in [2.05, 4.69) is 9.97 Å². The van der Waals surface area contributed by atoms with Crippen molar-refractivity contribution in [3.8, 4) is 0 Å². The molecule has 4 nitrogen and oxygen atoms in total. The first-order chi connectivity index (χ1) is 11.9. The van der Waals surface area contributed by atoms with Crippen molar-refractivity contribution in [2.45, 2.75) is 25.7 Å². The molecule has 9 heteroatoms. The second-order valence-electron chi connectivity index (χ2n) is 5.54. The van der Waals surface area contributed by atoms with Gasteiger partial charge in [-0.15, -0.1) is 23.7 Å². The number of rotatable bonds is 5. The molecule has 3 rings (SSSR count). The minimum Gasteiger partial charge on any atom is -0.481 e. The van der Waals surface area contributed by atoms with E-state index in [1.54, 1.807) is 13.0 Å². The first-order valence-corrected chi connectivity index (χ1v) is 8.31. The number of halogens is 4. The fraction of sp³-hybridized carbons (Fsp3) is 0.235. The van der Waals surface area contributed by atoms with Crippen LogP contribution in [0.5, 0.6) is 0 Å². The summed E-state index contributed by atoms with van der Waals surface area (Å²) < 4.78 is 40.8. The summed E-state index contributed by atoms with van der Waals surface area (Å²) >= 11 is 0.931. The van der Waals surface area contributed by atoms with Crippen molar-refractivity contribution < 1.29 is 23.1 Å². The second kappa shape index (κ2) is 8.01. The summed E-state index contributed by atoms with van der Waals surface area (Å²) in [5, 5.41) is 9.62. The summed E-state index contributed by atoms with van der Waals surface area (Å²) in [6, 6.07) is 2.19. The SMILES string of the molecule is CCC(C(=O)O)c1cncc(Cc2nc3c(F)c(F)cc(F)c3s2)c1.Cl. The molecule has 2 heterocycles. The normalized spacial score (nSPS) is 12.0. The largest absolute Gasteiger partial charge is 0.481 e. The van der Waals surface area contributed by atoms with Crippen LogP contribution in [0.4, 0.5) is 13.2 Å². The topological polar surface area (TPSA) is 63.1 Å². The Bertz CT molecular complexity index is 965. The number of benzene rings is 1. The van der Waals surface area contributed by atoms with E-state index in [-0.39, 0.29) is 29.0 Å². The second-order valence-corrected chi connectivity index (χ2v) is 6.63. The van der Waals surface area contributed by atoms with E-state index in [0.29, 0.717) is 28.6 Å². The van der Waals surface area contributed by atoms with E-state index in [0.717, 1.165) is 11.3 Å². The van der Waals surface area contributed by atoms with Crippen LogP contribution in [-0.2, 0) is 11.2 Å². The summed E-state index contributed by atoms with van der Waals surface area (Å²) in [6.07, 6.45) is 3.66. The molecule has 1 aromatic carbocycles. The molecule has 1 atom stereocenters. The molecule has 2 aromatic heterocycles. The highest BCUT2D eigenvalue weighted by Crippen LogP contribution is 2.30. The Morgan fingerprint density at radius 2 is 1.96 bits per heavy atom.